The Kier molecular flexibility index (Phi) is 5.46. The molecule has 3 fully saturated rings. The molecule has 1 amide bonds. The van der Waals surface area contributed by atoms with Crippen LogP contribution in [0.2, 0.25) is 0 Å². The van der Waals surface area contributed by atoms with Crippen molar-refractivity contribution in [2.24, 2.45) is 0 Å². The number of benzene rings is 1. The predicted molar refractivity (Wildman–Crippen MR) is 118 cm³/mol. The molecule has 0 saturated carbocycles. The number of aryl methyl sites for hydroxylation is 1. The number of piperidine rings is 1. The van der Waals surface area contributed by atoms with Crippen LogP contribution in [0.5, 0.6) is 0 Å². The summed E-state index contributed by atoms with van der Waals surface area (Å²) in [5, 5.41) is 0. The Labute approximate surface area is 177 Å². The van der Waals surface area contributed by atoms with E-state index in [2.05, 4.69) is 42.2 Å². The van der Waals surface area contributed by atoms with E-state index in [1.165, 1.54) is 41.9 Å². The van der Waals surface area contributed by atoms with Gasteiger partial charge in [-0.1, -0.05) is 24.3 Å². The molecule has 3 saturated heterocycles. The zero-order chi connectivity index (χ0) is 19.8. The molecule has 0 bridgehead atoms. The first-order valence-corrected chi connectivity index (χ1v) is 11.8. The van der Waals surface area contributed by atoms with Crippen LogP contribution in [0.3, 0.4) is 0 Å². The Morgan fingerprint density at radius 2 is 1.72 bits per heavy atom. The normalized spacial score (nSPS) is 21.5. The van der Waals surface area contributed by atoms with E-state index in [1.54, 1.807) is 11.3 Å². The average Bonchev–Trinajstić information content (AvgIpc) is 3.37. The number of hydrogen-bond acceptors (Lipinski definition) is 4. The fraction of sp³-hybridized carbons (Fsp3) is 0.542. The first-order valence-electron chi connectivity index (χ1n) is 11.0. The zero-order valence-corrected chi connectivity index (χ0v) is 18.0. The van der Waals surface area contributed by atoms with Crippen molar-refractivity contribution in [2.75, 3.05) is 39.4 Å². The molecular formula is C24H30N2O2S. The summed E-state index contributed by atoms with van der Waals surface area (Å²) in [7, 11) is 0. The van der Waals surface area contributed by atoms with E-state index in [4.69, 9.17) is 4.74 Å². The molecule has 4 nitrogen and oxygen atoms in total. The molecule has 0 radical (unpaired) electrons. The van der Waals surface area contributed by atoms with Crippen molar-refractivity contribution in [1.82, 2.24) is 9.80 Å². The van der Waals surface area contributed by atoms with Crippen LogP contribution in [0.25, 0.3) is 10.4 Å². The Bertz CT molecular complexity index is 858. The third-order valence-electron chi connectivity index (χ3n) is 6.84. The van der Waals surface area contributed by atoms with Crippen LogP contribution in [-0.2, 0) is 4.74 Å². The SMILES string of the molecule is Cc1cc(-c2ccc(C3CCN(C4COC4)CC3)cc2)sc1C(=O)N1CCCC1. The number of carbonyl (C=O) groups is 1. The molecule has 5 heteroatoms. The van der Waals surface area contributed by atoms with Crippen molar-refractivity contribution in [3.63, 3.8) is 0 Å². The van der Waals surface area contributed by atoms with Crippen LogP contribution in [0, 0.1) is 6.92 Å². The van der Waals surface area contributed by atoms with Crippen LogP contribution < -0.4 is 0 Å². The third kappa shape index (κ3) is 3.88. The summed E-state index contributed by atoms with van der Waals surface area (Å²) >= 11 is 1.65. The lowest BCUT2D eigenvalue weighted by molar-refractivity contribution is -0.0712. The quantitative estimate of drug-likeness (QED) is 0.742. The summed E-state index contributed by atoms with van der Waals surface area (Å²) in [5.41, 5.74) is 3.80. The Morgan fingerprint density at radius 1 is 1.03 bits per heavy atom. The molecule has 0 N–H and O–H groups in total. The van der Waals surface area contributed by atoms with Gasteiger partial charge in [-0.15, -0.1) is 11.3 Å². The summed E-state index contributed by atoms with van der Waals surface area (Å²) in [4.78, 5) is 19.5. The molecule has 154 valence electrons. The van der Waals surface area contributed by atoms with Crippen LogP contribution in [-0.4, -0.2) is 61.1 Å². The third-order valence-corrected chi connectivity index (χ3v) is 8.11. The van der Waals surface area contributed by atoms with Gasteiger partial charge in [-0.05, 0) is 74.4 Å². The van der Waals surface area contributed by atoms with E-state index < -0.39 is 0 Å². The molecule has 0 spiro atoms. The number of rotatable bonds is 4. The molecule has 1 aromatic carbocycles. The smallest absolute Gasteiger partial charge is 0.264 e. The second-order valence-electron chi connectivity index (χ2n) is 8.75. The maximum atomic E-state index is 12.8. The molecule has 3 aliphatic heterocycles. The lowest BCUT2D eigenvalue weighted by Gasteiger charge is -2.41. The van der Waals surface area contributed by atoms with Gasteiger partial charge in [-0.3, -0.25) is 9.69 Å². The van der Waals surface area contributed by atoms with Gasteiger partial charge in [0, 0.05) is 18.0 Å². The van der Waals surface area contributed by atoms with E-state index in [9.17, 15) is 4.79 Å². The fourth-order valence-electron chi connectivity index (χ4n) is 4.85. The highest BCUT2D eigenvalue weighted by molar-refractivity contribution is 7.17. The number of likely N-dealkylation sites (tertiary alicyclic amines) is 2. The summed E-state index contributed by atoms with van der Waals surface area (Å²) < 4.78 is 5.34. The molecule has 2 aromatic rings. The van der Waals surface area contributed by atoms with E-state index in [0.717, 1.165) is 49.6 Å². The van der Waals surface area contributed by atoms with Gasteiger partial charge in [0.1, 0.15) is 0 Å². The van der Waals surface area contributed by atoms with E-state index >= 15 is 0 Å². The molecule has 3 aliphatic rings. The lowest BCUT2D eigenvalue weighted by Crippen LogP contribution is -2.51. The van der Waals surface area contributed by atoms with Gasteiger partial charge < -0.3 is 9.64 Å². The number of nitrogens with zero attached hydrogens (tertiary/aromatic N) is 2. The highest BCUT2D eigenvalue weighted by atomic mass is 32.1. The van der Waals surface area contributed by atoms with E-state index in [1.807, 2.05) is 4.90 Å². The summed E-state index contributed by atoms with van der Waals surface area (Å²) in [5.74, 6) is 0.884. The van der Waals surface area contributed by atoms with Gasteiger partial charge in [-0.2, -0.15) is 0 Å². The van der Waals surface area contributed by atoms with Crippen LogP contribution >= 0.6 is 11.3 Å². The van der Waals surface area contributed by atoms with Crippen molar-refractivity contribution in [3.05, 3.63) is 46.3 Å². The Hall–Kier alpha value is -1.69. The highest BCUT2D eigenvalue weighted by Crippen LogP contribution is 2.35. The van der Waals surface area contributed by atoms with E-state index in [0.29, 0.717) is 12.0 Å². The first-order chi connectivity index (χ1) is 14.2. The minimum absolute atomic E-state index is 0.219. The van der Waals surface area contributed by atoms with Gasteiger partial charge in [-0.25, -0.2) is 0 Å². The van der Waals surface area contributed by atoms with Crippen molar-refractivity contribution in [3.8, 4) is 10.4 Å². The highest BCUT2D eigenvalue weighted by Gasteiger charge is 2.30. The minimum Gasteiger partial charge on any atom is -0.378 e. The lowest BCUT2D eigenvalue weighted by atomic mass is 9.88. The minimum atomic E-state index is 0.219. The first kappa shape index (κ1) is 19.3. The average molecular weight is 411 g/mol. The second kappa shape index (κ2) is 8.21. The molecule has 0 unspecified atom stereocenters. The van der Waals surface area contributed by atoms with Gasteiger partial charge in [0.05, 0.1) is 24.1 Å². The number of amides is 1. The van der Waals surface area contributed by atoms with Crippen LogP contribution in [0.4, 0.5) is 0 Å². The predicted octanol–water partition coefficient (Wildman–Crippen LogP) is 4.54. The summed E-state index contributed by atoms with van der Waals surface area (Å²) in [6.45, 7) is 8.10. The summed E-state index contributed by atoms with van der Waals surface area (Å²) in [6, 6.07) is 12.0. The van der Waals surface area contributed by atoms with Crippen molar-refractivity contribution < 1.29 is 9.53 Å². The Morgan fingerprint density at radius 3 is 2.34 bits per heavy atom. The van der Waals surface area contributed by atoms with Gasteiger partial charge in [0.15, 0.2) is 0 Å². The standard InChI is InChI=1S/C24H30N2O2S/c1-17-14-22(29-23(17)24(27)26-10-2-3-11-26)20-6-4-18(5-7-20)19-8-12-25(13-9-19)21-15-28-16-21/h4-7,14,19,21H,2-3,8-13,15-16H2,1H3. The second-order valence-corrected chi connectivity index (χ2v) is 9.80. The zero-order valence-electron chi connectivity index (χ0n) is 17.2. The molecule has 29 heavy (non-hydrogen) atoms. The number of ether oxygens (including phenoxy) is 1. The molecule has 4 heterocycles. The monoisotopic (exact) mass is 410 g/mol. The van der Waals surface area contributed by atoms with E-state index in [-0.39, 0.29) is 5.91 Å². The van der Waals surface area contributed by atoms with Crippen molar-refractivity contribution >= 4 is 17.2 Å². The largest absolute Gasteiger partial charge is 0.378 e. The van der Waals surface area contributed by atoms with Crippen LogP contribution in [0.15, 0.2) is 30.3 Å². The van der Waals surface area contributed by atoms with Gasteiger partial charge in [0.25, 0.3) is 5.91 Å². The maximum Gasteiger partial charge on any atom is 0.264 e. The number of hydrogen-bond donors (Lipinski definition) is 0. The van der Waals surface area contributed by atoms with Gasteiger partial charge in [0.2, 0.25) is 0 Å². The molecule has 0 aliphatic carbocycles. The topological polar surface area (TPSA) is 32.8 Å². The molecule has 5 rings (SSSR count). The summed E-state index contributed by atoms with van der Waals surface area (Å²) in [6.07, 6.45) is 4.75. The maximum absolute atomic E-state index is 12.8. The van der Waals surface area contributed by atoms with Crippen molar-refractivity contribution in [1.29, 1.82) is 0 Å². The molecule has 1 aromatic heterocycles. The fourth-order valence-corrected chi connectivity index (χ4v) is 6.00. The molecular weight excluding hydrogens is 380 g/mol. The van der Waals surface area contributed by atoms with Crippen molar-refractivity contribution in [2.45, 2.75) is 44.6 Å². The Balaban J connectivity index is 1.26. The van der Waals surface area contributed by atoms with Gasteiger partial charge >= 0.3 is 0 Å². The number of carbonyl (C=O) groups excluding carboxylic acids is 1. The van der Waals surface area contributed by atoms with Crippen LogP contribution in [0.1, 0.15) is 52.4 Å². The number of thiophene rings is 1. The molecule has 0 atom stereocenters.